The van der Waals surface area contributed by atoms with Gasteiger partial charge in [-0.25, -0.2) is 13.9 Å². The zero-order valence-corrected chi connectivity index (χ0v) is 19.5. The van der Waals surface area contributed by atoms with E-state index in [4.69, 9.17) is 9.40 Å². The highest BCUT2D eigenvalue weighted by Gasteiger charge is 2.24. The molecule has 1 N–H and O–H groups in total. The van der Waals surface area contributed by atoms with Crippen molar-refractivity contribution >= 4 is 32.9 Å². The lowest BCUT2D eigenvalue weighted by Gasteiger charge is -2.23. The van der Waals surface area contributed by atoms with E-state index < -0.39 is 15.7 Å². The number of aryl methyl sites for hydroxylation is 1. The molecular formula is C24H27N3O3S. The summed E-state index contributed by atoms with van der Waals surface area (Å²) in [5.41, 5.74) is 3.80. The largest absolute Gasteiger partial charge is 0.464 e. The maximum absolute atomic E-state index is 13.3. The van der Waals surface area contributed by atoms with E-state index in [1.54, 1.807) is 17.9 Å². The summed E-state index contributed by atoms with van der Waals surface area (Å²) in [6.07, 6.45) is 1.64. The van der Waals surface area contributed by atoms with Gasteiger partial charge in [-0.1, -0.05) is 24.3 Å². The second-order valence-electron chi connectivity index (χ2n) is 8.92. The quantitative estimate of drug-likeness (QED) is 0.499. The number of hydrogen-bond acceptors (Lipinski definition) is 4. The van der Waals surface area contributed by atoms with Crippen molar-refractivity contribution in [3.8, 4) is 11.4 Å². The zero-order valence-electron chi connectivity index (χ0n) is 18.6. The molecule has 6 nitrogen and oxygen atoms in total. The molecule has 0 spiro atoms. The Labute approximate surface area is 183 Å². The fourth-order valence-corrected chi connectivity index (χ4v) is 4.48. The van der Waals surface area contributed by atoms with E-state index in [0.29, 0.717) is 16.7 Å². The Morgan fingerprint density at radius 1 is 1.16 bits per heavy atom. The van der Waals surface area contributed by atoms with Crippen LogP contribution in [0.15, 0.2) is 51.9 Å². The monoisotopic (exact) mass is 437 g/mol. The van der Waals surface area contributed by atoms with Crippen LogP contribution < -0.4 is 10.3 Å². The zero-order chi connectivity index (χ0) is 22.5. The van der Waals surface area contributed by atoms with Gasteiger partial charge in [-0.3, -0.25) is 9.36 Å². The SMILES string of the molecule is Cc1cc([C@@H](C)NS(=O)C(C)(C)C)c2nc(-c3coc4ccccc34)n(C)c(=O)c2c1. The molecule has 0 bridgehead atoms. The van der Waals surface area contributed by atoms with Gasteiger partial charge in [0.1, 0.15) is 17.7 Å². The Morgan fingerprint density at radius 3 is 2.58 bits per heavy atom. The van der Waals surface area contributed by atoms with Crippen LogP contribution in [0.4, 0.5) is 0 Å². The lowest BCUT2D eigenvalue weighted by molar-refractivity contribution is 0.616. The number of nitrogens with zero attached hydrogens (tertiary/aromatic N) is 2. The molecule has 2 aromatic heterocycles. The molecule has 31 heavy (non-hydrogen) atoms. The van der Waals surface area contributed by atoms with Crippen molar-refractivity contribution in [1.82, 2.24) is 14.3 Å². The standard InChI is InChI=1S/C24H27N3O3S/c1-14-11-17(15(2)26-31(29)24(3,4)5)21-18(12-14)23(28)27(6)22(25-21)19-13-30-20-10-8-7-9-16(19)20/h7-13,15,26H,1-6H3/t15-,31?/m1/s1. The van der Waals surface area contributed by atoms with Crippen LogP contribution in [0, 0.1) is 6.92 Å². The first-order chi connectivity index (χ1) is 14.6. The van der Waals surface area contributed by atoms with Crippen LogP contribution in [-0.2, 0) is 18.0 Å². The molecule has 2 atom stereocenters. The molecule has 0 fully saturated rings. The first kappa shape index (κ1) is 21.5. The van der Waals surface area contributed by atoms with Crippen molar-refractivity contribution in [3.63, 3.8) is 0 Å². The van der Waals surface area contributed by atoms with Crippen molar-refractivity contribution in [2.24, 2.45) is 7.05 Å². The summed E-state index contributed by atoms with van der Waals surface area (Å²) in [5, 5.41) is 1.45. The second-order valence-corrected chi connectivity index (χ2v) is 10.9. The topological polar surface area (TPSA) is 77.1 Å². The third kappa shape index (κ3) is 3.83. The van der Waals surface area contributed by atoms with E-state index >= 15 is 0 Å². The van der Waals surface area contributed by atoms with Crippen molar-refractivity contribution in [2.75, 3.05) is 0 Å². The molecule has 0 amide bonds. The van der Waals surface area contributed by atoms with E-state index in [2.05, 4.69) is 4.72 Å². The molecule has 0 aliphatic rings. The molecule has 0 aliphatic carbocycles. The Morgan fingerprint density at radius 2 is 1.87 bits per heavy atom. The van der Waals surface area contributed by atoms with Crippen molar-refractivity contribution < 1.29 is 8.63 Å². The first-order valence-electron chi connectivity index (χ1n) is 10.2. The second kappa shape index (κ2) is 7.73. The fourth-order valence-electron chi connectivity index (χ4n) is 3.68. The highest BCUT2D eigenvalue weighted by Crippen LogP contribution is 2.31. The molecule has 0 saturated heterocycles. The van der Waals surface area contributed by atoms with Gasteiger partial charge in [0.25, 0.3) is 5.56 Å². The van der Waals surface area contributed by atoms with Gasteiger partial charge >= 0.3 is 0 Å². The minimum atomic E-state index is -1.26. The number of rotatable bonds is 4. The Hall–Kier alpha value is -2.77. The van der Waals surface area contributed by atoms with E-state index in [9.17, 15) is 9.00 Å². The third-order valence-electron chi connectivity index (χ3n) is 5.38. The molecule has 2 heterocycles. The average Bonchev–Trinajstić information content (AvgIpc) is 3.13. The maximum Gasteiger partial charge on any atom is 0.261 e. The normalized spacial score (nSPS) is 14.3. The molecule has 2 aromatic carbocycles. The van der Waals surface area contributed by atoms with Crippen LogP contribution in [0.1, 0.15) is 44.9 Å². The summed E-state index contributed by atoms with van der Waals surface area (Å²) < 4.78 is 22.7. The van der Waals surface area contributed by atoms with E-state index in [1.807, 2.05) is 71.0 Å². The lowest BCUT2D eigenvalue weighted by atomic mass is 10.0. The van der Waals surface area contributed by atoms with E-state index in [-0.39, 0.29) is 11.6 Å². The predicted octanol–water partition coefficient (Wildman–Crippen LogP) is 4.77. The molecule has 162 valence electrons. The van der Waals surface area contributed by atoms with Crippen molar-refractivity contribution in [3.05, 3.63) is 64.1 Å². The molecule has 0 aliphatic heterocycles. The fraction of sp³-hybridized carbons (Fsp3) is 0.333. The molecule has 0 saturated carbocycles. The lowest BCUT2D eigenvalue weighted by Crippen LogP contribution is -2.35. The molecule has 4 aromatic rings. The smallest absolute Gasteiger partial charge is 0.261 e. The number of nitrogens with one attached hydrogen (secondary N) is 1. The Kier molecular flexibility index (Phi) is 5.35. The van der Waals surface area contributed by atoms with E-state index in [1.165, 1.54) is 0 Å². The molecule has 4 rings (SSSR count). The van der Waals surface area contributed by atoms with Gasteiger partial charge in [0.15, 0.2) is 0 Å². The Bertz CT molecular complexity index is 1380. The number of para-hydroxylation sites is 1. The van der Waals surface area contributed by atoms with Gasteiger partial charge in [0.05, 0.1) is 32.2 Å². The summed E-state index contributed by atoms with van der Waals surface area (Å²) in [6.45, 7) is 9.67. The highest BCUT2D eigenvalue weighted by molar-refractivity contribution is 7.84. The summed E-state index contributed by atoms with van der Waals surface area (Å²) in [6, 6.07) is 11.3. The highest BCUT2D eigenvalue weighted by atomic mass is 32.2. The Balaban J connectivity index is 1.95. The van der Waals surface area contributed by atoms with Gasteiger partial charge in [-0.05, 0) is 57.9 Å². The minimum absolute atomic E-state index is 0.126. The van der Waals surface area contributed by atoms with Crippen LogP contribution in [0.3, 0.4) is 0 Å². The number of furan rings is 1. The molecular weight excluding hydrogens is 410 g/mol. The van der Waals surface area contributed by atoms with Crippen LogP contribution in [0.25, 0.3) is 33.3 Å². The average molecular weight is 438 g/mol. The molecule has 7 heteroatoms. The van der Waals surface area contributed by atoms with Gasteiger partial charge in [-0.2, -0.15) is 0 Å². The van der Waals surface area contributed by atoms with Gasteiger partial charge < -0.3 is 4.42 Å². The summed E-state index contributed by atoms with van der Waals surface area (Å²) in [5.74, 6) is 0.539. The first-order valence-corrected chi connectivity index (χ1v) is 11.4. The van der Waals surface area contributed by atoms with Gasteiger partial charge in [-0.15, -0.1) is 0 Å². The third-order valence-corrected chi connectivity index (χ3v) is 7.06. The molecule has 1 unspecified atom stereocenters. The number of fused-ring (bicyclic) bond motifs is 2. The summed E-state index contributed by atoms with van der Waals surface area (Å²) in [7, 11) is 0.470. The number of benzene rings is 2. The van der Waals surface area contributed by atoms with Crippen LogP contribution in [0.2, 0.25) is 0 Å². The number of hydrogen-bond donors (Lipinski definition) is 1. The van der Waals surface area contributed by atoms with Crippen molar-refractivity contribution in [2.45, 2.75) is 45.4 Å². The minimum Gasteiger partial charge on any atom is -0.464 e. The van der Waals surface area contributed by atoms with Crippen LogP contribution in [0.5, 0.6) is 0 Å². The van der Waals surface area contributed by atoms with Crippen molar-refractivity contribution in [1.29, 1.82) is 0 Å². The maximum atomic E-state index is 13.3. The predicted molar refractivity (Wildman–Crippen MR) is 126 cm³/mol. The summed E-state index contributed by atoms with van der Waals surface area (Å²) >= 11 is 0. The number of aromatic nitrogens is 2. The van der Waals surface area contributed by atoms with Gasteiger partial charge in [0.2, 0.25) is 0 Å². The van der Waals surface area contributed by atoms with Crippen LogP contribution >= 0.6 is 0 Å². The van der Waals surface area contributed by atoms with E-state index in [0.717, 1.165) is 27.7 Å². The van der Waals surface area contributed by atoms with Gasteiger partial charge in [0, 0.05) is 18.5 Å². The molecule has 0 radical (unpaired) electrons. The summed E-state index contributed by atoms with van der Waals surface area (Å²) in [4.78, 5) is 18.2. The van der Waals surface area contributed by atoms with Crippen LogP contribution in [-0.4, -0.2) is 18.5 Å².